The molecule has 0 saturated carbocycles. The van der Waals surface area contributed by atoms with Gasteiger partial charge in [0.25, 0.3) is 0 Å². The lowest BCUT2D eigenvalue weighted by Crippen LogP contribution is -2.39. The van der Waals surface area contributed by atoms with Crippen LogP contribution in [0.3, 0.4) is 0 Å². The summed E-state index contributed by atoms with van der Waals surface area (Å²) in [4.78, 5) is 11.9. The van der Waals surface area contributed by atoms with Crippen LogP contribution in [-0.2, 0) is 19.0 Å². The van der Waals surface area contributed by atoms with Crippen molar-refractivity contribution in [2.24, 2.45) is 5.41 Å². The number of rotatable bonds is 11. The minimum Gasteiger partial charge on any atom is -0.461 e. The molecule has 0 heterocycles. The Labute approximate surface area is 109 Å². The molecule has 0 rings (SSSR count). The molecule has 4 nitrogen and oxygen atoms in total. The molecule has 0 unspecified atom stereocenters. The predicted molar refractivity (Wildman–Crippen MR) is 71.3 cm³/mol. The quantitative estimate of drug-likeness (QED) is 0.322. The maximum absolute atomic E-state index is 11.9. The fraction of sp³-hybridized carbons (Fsp3) is 0.500. The normalized spacial score (nSPS) is 10.7. The molecular weight excluding hydrogens is 232 g/mol. The van der Waals surface area contributed by atoms with Gasteiger partial charge in [-0.2, -0.15) is 0 Å². The van der Waals surface area contributed by atoms with Crippen molar-refractivity contribution in [3.8, 4) is 0 Å². The first-order valence-corrected chi connectivity index (χ1v) is 5.76. The second-order valence-corrected chi connectivity index (χ2v) is 4.06. The first-order valence-electron chi connectivity index (χ1n) is 5.76. The molecule has 0 N–H and O–H groups in total. The van der Waals surface area contributed by atoms with Gasteiger partial charge >= 0.3 is 5.97 Å². The molecule has 0 spiro atoms. The van der Waals surface area contributed by atoms with Gasteiger partial charge in [-0.1, -0.05) is 24.8 Å². The molecule has 4 heteroatoms. The van der Waals surface area contributed by atoms with E-state index in [4.69, 9.17) is 14.2 Å². The van der Waals surface area contributed by atoms with Gasteiger partial charge in [-0.15, -0.1) is 13.2 Å². The number of esters is 1. The Bertz CT molecular complexity index is 270. The molecule has 0 aliphatic carbocycles. The molecule has 0 bridgehead atoms. The van der Waals surface area contributed by atoms with E-state index in [1.807, 2.05) is 0 Å². The van der Waals surface area contributed by atoms with E-state index >= 15 is 0 Å². The van der Waals surface area contributed by atoms with Gasteiger partial charge in [0.05, 0.1) is 26.4 Å². The fourth-order valence-corrected chi connectivity index (χ4v) is 1.20. The van der Waals surface area contributed by atoms with Crippen LogP contribution in [0.15, 0.2) is 38.0 Å². The van der Waals surface area contributed by atoms with Gasteiger partial charge < -0.3 is 14.2 Å². The van der Waals surface area contributed by atoms with Crippen LogP contribution in [0.25, 0.3) is 0 Å². The van der Waals surface area contributed by atoms with Crippen molar-refractivity contribution in [3.05, 3.63) is 38.0 Å². The van der Waals surface area contributed by atoms with Gasteiger partial charge in [-0.25, -0.2) is 0 Å². The third-order valence-electron chi connectivity index (χ3n) is 2.14. The third-order valence-corrected chi connectivity index (χ3v) is 2.14. The third kappa shape index (κ3) is 6.37. The summed E-state index contributed by atoms with van der Waals surface area (Å²) in [6.45, 7) is 13.7. The zero-order valence-corrected chi connectivity index (χ0v) is 11.0. The largest absolute Gasteiger partial charge is 0.461 e. The van der Waals surface area contributed by atoms with Gasteiger partial charge in [0.2, 0.25) is 0 Å². The number of ether oxygens (including phenoxy) is 3. The summed E-state index contributed by atoms with van der Waals surface area (Å²) in [5, 5.41) is 0. The first-order chi connectivity index (χ1) is 8.60. The predicted octanol–water partition coefficient (Wildman–Crippen LogP) is 2.13. The summed E-state index contributed by atoms with van der Waals surface area (Å²) in [6, 6.07) is 0. The van der Waals surface area contributed by atoms with E-state index in [0.29, 0.717) is 13.2 Å². The smallest absolute Gasteiger partial charge is 0.316 e. The fourth-order valence-electron chi connectivity index (χ4n) is 1.20. The summed E-state index contributed by atoms with van der Waals surface area (Å²) < 4.78 is 15.7. The van der Waals surface area contributed by atoms with Crippen LogP contribution >= 0.6 is 0 Å². The van der Waals surface area contributed by atoms with Crippen molar-refractivity contribution in [1.82, 2.24) is 0 Å². The van der Waals surface area contributed by atoms with E-state index in [1.54, 1.807) is 19.1 Å². The molecule has 0 aromatic carbocycles. The maximum Gasteiger partial charge on any atom is 0.316 e. The molecular formula is C14H22O4. The minimum atomic E-state index is -0.838. The highest BCUT2D eigenvalue weighted by atomic mass is 16.5. The molecule has 0 aromatic rings. The molecule has 0 aliphatic heterocycles. The van der Waals surface area contributed by atoms with Gasteiger partial charge in [-0.3, -0.25) is 4.79 Å². The Morgan fingerprint density at radius 2 is 1.44 bits per heavy atom. The molecule has 0 aliphatic rings. The van der Waals surface area contributed by atoms with Crippen molar-refractivity contribution in [2.75, 3.05) is 33.0 Å². The van der Waals surface area contributed by atoms with Gasteiger partial charge in [0, 0.05) is 0 Å². The van der Waals surface area contributed by atoms with E-state index < -0.39 is 5.41 Å². The zero-order chi connectivity index (χ0) is 13.9. The van der Waals surface area contributed by atoms with Crippen LogP contribution in [0, 0.1) is 5.41 Å². The van der Waals surface area contributed by atoms with Crippen LogP contribution in [0.2, 0.25) is 0 Å². The number of hydrogen-bond donors (Lipinski definition) is 0. The minimum absolute atomic E-state index is 0.178. The van der Waals surface area contributed by atoms with Crippen molar-refractivity contribution in [2.45, 2.75) is 6.92 Å². The van der Waals surface area contributed by atoms with Crippen LogP contribution in [0.5, 0.6) is 0 Å². The highest BCUT2D eigenvalue weighted by molar-refractivity contribution is 5.76. The number of carbonyl (C=O) groups excluding carboxylic acids is 1. The van der Waals surface area contributed by atoms with Crippen LogP contribution < -0.4 is 0 Å². The van der Waals surface area contributed by atoms with Gasteiger partial charge in [-0.05, 0) is 6.92 Å². The first kappa shape index (κ1) is 16.6. The summed E-state index contributed by atoms with van der Waals surface area (Å²) in [6.07, 6.45) is 4.77. The Kier molecular flexibility index (Phi) is 8.88. The SMILES string of the molecule is C=CCOCC(C)(COCC=C)C(=O)OCC=C. The highest BCUT2D eigenvalue weighted by Gasteiger charge is 2.35. The molecule has 18 heavy (non-hydrogen) atoms. The molecule has 0 amide bonds. The van der Waals surface area contributed by atoms with Crippen LogP contribution in [-0.4, -0.2) is 39.0 Å². The lowest BCUT2D eigenvalue weighted by atomic mass is 9.93. The zero-order valence-electron chi connectivity index (χ0n) is 11.0. The standard InChI is InChI=1S/C14H22O4/c1-5-8-16-11-14(4,12-17-9-6-2)13(15)18-10-7-3/h5-7H,1-3,8-12H2,4H3. The van der Waals surface area contributed by atoms with Crippen molar-refractivity contribution >= 4 is 5.97 Å². The molecule has 0 saturated heterocycles. The summed E-state index contributed by atoms with van der Waals surface area (Å²) in [7, 11) is 0. The average Bonchev–Trinajstić information content (AvgIpc) is 2.36. The van der Waals surface area contributed by atoms with Gasteiger partial charge in [0.1, 0.15) is 12.0 Å². The second kappa shape index (κ2) is 9.62. The van der Waals surface area contributed by atoms with E-state index in [2.05, 4.69) is 19.7 Å². The Morgan fingerprint density at radius 1 is 1.00 bits per heavy atom. The van der Waals surface area contributed by atoms with Crippen molar-refractivity contribution in [3.63, 3.8) is 0 Å². The summed E-state index contributed by atoms with van der Waals surface area (Å²) >= 11 is 0. The molecule has 0 fully saturated rings. The lowest BCUT2D eigenvalue weighted by Gasteiger charge is -2.26. The monoisotopic (exact) mass is 254 g/mol. The molecule has 0 atom stereocenters. The van der Waals surface area contributed by atoms with Crippen LogP contribution in [0.4, 0.5) is 0 Å². The van der Waals surface area contributed by atoms with E-state index in [9.17, 15) is 4.79 Å². The summed E-state index contributed by atoms with van der Waals surface area (Å²) in [5.74, 6) is -0.365. The number of carbonyl (C=O) groups is 1. The molecule has 0 aromatic heterocycles. The summed E-state index contributed by atoms with van der Waals surface area (Å²) in [5.41, 5.74) is -0.838. The number of hydrogen-bond acceptors (Lipinski definition) is 4. The van der Waals surface area contributed by atoms with Crippen molar-refractivity contribution in [1.29, 1.82) is 0 Å². The lowest BCUT2D eigenvalue weighted by molar-refractivity contribution is -0.161. The van der Waals surface area contributed by atoms with E-state index in [0.717, 1.165) is 0 Å². The average molecular weight is 254 g/mol. The van der Waals surface area contributed by atoms with E-state index in [-0.39, 0.29) is 25.8 Å². The Balaban J connectivity index is 4.44. The van der Waals surface area contributed by atoms with E-state index in [1.165, 1.54) is 6.08 Å². The van der Waals surface area contributed by atoms with Crippen LogP contribution in [0.1, 0.15) is 6.92 Å². The van der Waals surface area contributed by atoms with Crippen molar-refractivity contribution < 1.29 is 19.0 Å². The van der Waals surface area contributed by atoms with Gasteiger partial charge in [0.15, 0.2) is 0 Å². The second-order valence-electron chi connectivity index (χ2n) is 4.06. The molecule has 102 valence electrons. The topological polar surface area (TPSA) is 44.8 Å². The Morgan fingerprint density at radius 3 is 1.83 bits per heavy atom. The Hall–Kier alpha value is -1.39. The maximum atomic E-state index is 11.9. The molecule has 0 radical (unpaired) electrons. The highest BCUT2D eigenvalue weighted by Crippen LogP contribution is 2.20.